The fourth-order valence-electron chi connectivity index (χ4n) is 2.63. The number of fused-ring (bicyclic) bond motifs is 1. The second kappa shape index (κ2) is 5.07. The van der Waals surface area contributed by atoms with Crippen LogP contribution in [0.25, 0.3) is 11.2 Å². The standard InChI is InChI=1S/C16H16FN3S/c1-9-4-5-18-15-14(9)19-16(21)20(15)8-12-6-10(2)13(17)11(3)7-12/h4-7H,8H2,1-3H3,(H,19,21). The van der Waals surface area contributed by atoms with Crippen LogP contribution in [0.4, 0.5) is 4.39 Å². The summed E-state index contributed by atoms with van der Waals surface area (Å²) in [6.45, 7) is 6.16. The second-order valence-corrected chi connectivity index (χ2v) is 5.77. The van der Waals surface area contributed by atoms with Gasteiger partial charge in [-0.2, -0.15) is 0 Å². The van der Waals surface area contributed by atoms with Gasteiger partial charge in [-0.05, 0) is 61.3 Å². The molecule has 0 amide bonds. The molecule has 3 aromatic rings. The Kier molecular flexibility index (Phi) is 3.37. The number of hydrogen-bond acceptors (Lipinski definition) is 2. The zero-order valence-corrected chi connectivity index (χ0v) is 13.0. The number of aryl methyl sites for hydroxylation is 3. The van der Waals surface area contributed by atoms with Gasteiger partial charge >= 0.3 is 0 Å². The van der Waals surface area contributed by atoms with E-state index in [1.807, 2.05) is 29.7 Å². The number of halogens is 1. The summed E-state index contributed by atoms with van der Waals surface area (Å²) in [5.41, 5.74) is 5.22. The summed E-state index contributed by atoms with van der Waals surface area (Å²) in [6.07, 6.45) is 1.78. The highest BCUT2D eigenvalue weighted by Crippen LogP contribution is 2.19. The maximum absolute atomic E-state index is 13.7. The number of pyridine rings is 1. The number of hydrogen-bond donors (Lipinski definition) is 1. The van der Waals surface area contributed by atoms with Gasteiger partial charge in [0.25, 0.3) is 0 Å². The van der Waals surface area contributed by atoms with Crippen molar-refractivity contribution in [1.82, 2.24) is 14.5 Å². The molecule has 21 heavy (non-hydrogen) atoms. The Morgan fingerprint density at radius 2 is 1.86 bits per heavy atom. The minimum atomic E-state index is -0.143. The molecule has 0 unspecified atom stereocenters. The molecule has 5 heteroatoms. The minimum Gasteiger partial charge on any atom is -0.329 e. The van der Waals surface area contributed by atoms with Gasteiger partial charge in [0, 0.05) is 6.20 Å². The SMILES string of the molecule is Cc1cc(Cn2c(=S)[nH]c3c(C)ccnc32)cc(C)c1F. The molecule has 108 valence electrons. The molecule has 0 radical (unpaired) electrons. The Balaban J connectivity index is 2.13. The first-order valence-corrected chi connectivity index (χ1v) is 7.18. The molecule has 0 aliphatic heterocycles. The molecule has 0 atom stereocenters. The smallest absolute Gasteiger partial charge is 0.179 e. The van der Waals surface area contributed by atoms with Gasteiger partial charge in [0.05, 0.1) is 12.1 Å². The topological polar surface area (TPSA) is 33.6 Å². The lowest BCUT2D eigenvalue weighted by molar-refractivity contribution is 0.607. The number of benzene rings is 1. The number of nitrogens with zero attached hydrogens (tertiary/aromatic N) is 2. The first-order chi connectivity index (χ1) is 9.97. The summed E-state index contributed by atoms with van der Waals surface area (Å²) < 4.78 is 16.3. The summed E-state index contributed by atoms with van der Waals surface area (Å²) in [5.74, 6) is -0.143. The molecule has 0 aliphatic carbocycles. The Bertz CT molecular complexity index is 869. The second-order valence-electron chi connectivity index (χ2n) is 5.39. The average molecular weight is 301 g/mol. The van der Waals surface area contributed by atoms with Crippen LogP contribution in [0.15, 0.2) is 24.4 Å². The third-order valence-corrected chi connectivity index (χ3v) is 4.03. The number of H-pyrrole nitrogens is 1. The molecule has 2 aromatic heterocycles. The van der Waals surface area contributed by atoms with E-state index < -0.39 is 0 Å². The normalized spacial score (nSPS) is 11.2. The molecule has 0 aliphatic rings. The lowest BCUT2D eigenvalue weighted by Crippen LogP contribution is -2.03. The molecule has 3 rings (SSSR count). The molecule has 0 saturated carbocycles. The molecule has 0 spiro atoms. The third kappa shape index (κ3) is 2.38. The number of rotatable bonds is 2. The van der Waals surface area contributed by atoms with E-state index in [1.165, 1.54) is 0 Å². The van der Waals surface area contributed by atoms with Crippen LogP contribution in [0.3, 0.4) is 0 Å². The van der Waals surface area contributed by atoms with Crippen molar-refractivity contribution >= 4 is 23.4 Å². The molecule has 0 bridgehead atoms. The van der Waals surface area contributed by atoms with Gasteiger partial charge in [-0.25, -0.2) is 9.37 Å². The van der Waals surface area contributed by atoms with Gasteiger partial charge in [0.2, 0.25) is 0 Å². The fraction of sp³-hybridized carbons (Fsp3) is 0.250. The summed E-state index contributed by atoms with van der Waals surface area (Å²) in [7, 11) is 0. The summed E-state index contributed by atoms with van der Waals surface area (Å²) in [6, 6.07) is 5.67. The van der Waals surface area contributed by atoms with Crippen molar-refractivity contribution in [2.75, 3.05) is 0 Å². The van der Waals surface area contributed by atoms with Crippen LogP contribution in [0, 0.1) is 31.4 Å². The van der Waals surface area contributed by atoms with Crippen LogP contribution in [0.2, 0.25) is 0 Å². The van der Waals surface area contributed by atoms with E-state index in [9.17, 15) is 4.39 Å². The lowest BCUT2D eigenvalue weighted by atomic mass is 10.1. The molecule has 3 nitrogen and oxygen atoms in total. The Morgan fingerprint density at radius 3 is 2.52 bits per heavy atom. The van der Waals surface area contributed by atoms with Gasteiger partial charge in [-0.15, -0.1) is 0 Å². The van der Waals surface area contributed by atoms with E-state index >= 15 is 0 Å². The van der Waals surface area contributed by atoms with Crippen LogP contribution < -0.4 is 0 Å². The number of nitrogens with one attached hydrogen (secondary N) is 1. The van der Waals surface area contributed by atoms with E-state index in [2.05, 4.69) is 9.97 Å². The maximum atomic E-state index is 13.7. The van der Waals surface area contributed by atoms with Crippen LogP contribution in [-0.2, 0) is 6.54 Å². The minimum absolute atomic E-state index is 0.143. The monoisotopic (exact) mass is 301 g/mol. The highest BCUT2D eigenvalue weighted by atomic mass is 32.1. The fourth-order valence-corrected chi connectivity index (χ4v) is 2.88. The van der Waals surface area contributed by atoms with Crippen molar-refractivity contribution in [1.29, 1.82) is 0 Å². The van der Waals surface area contributed by atoms with E-state index in [0.717, 1.165) is 22.3 Å². The predicted octanol–water partition coefficient (Wildman–Crippen LogP) is 4.21. The van der Waals surface area contributed by atoms with Crippen LogP contribution in [0.1, 0.15) is 22.3 Å². The zero-order valence-electron chi connectivity index (χ0n) is 12.2. The molecular weight excluding hydrogens is 285 g/mol. The zero-order chi connectivity index (χ0) is 15.1. The maximum Gasteiger partial charge on any atom is 0.179 e. The highest BCUT2D eigenvalue weighted by molar-refractivity contribution is 7.71. The van der Waals surface area contributed by atoms with Crippen molar-refractivity contribution in [3.63, 3.8) is 0 Å². The lowest BCUT2D eigenvalue weighted by Gasteiger charge is -2.08. The van der Waals surface area contributed by atoms with Crippen LogP contribution >= 0.6 is 12.2 Å². The Hall–Kier alpha value is -2.01. The molecular formula is C16H16FN3S. The molecule has 1 N–H and O–H groups in total. The van der Waals surface area contributed by atoms with E-state index in [0.29, 0.717) is 22.4 Å². The Morgan fingerprint density at radius 1 is 1.19 bits per heavy atom. The average Bonchev–Trinajstić information content (AvgIpc) is 2.75. The molecule has 2 heterocycles. The third-order valence-electron chi connectivity index (χ3n) is 3.71. The van der Waals surface area contributed by atoms with Crippen molar-refractivity contribution in [2.24, 2.45) is 0 Å². The quantitative estimate of drug-likeness (QED) is 0.719. The van der Waals surface area contributed by atoms with Crippen molar-refractivity contribution in [2.45, 2.75) is 27.3 Å². The van der Waals surface area contributed by atoms with Crippen molar-refractivity contribution in [3.05, 3.63) is 57.2 Å². The summed E-state index contributed by atoms with van der Waals surface area (Å²) >= 11 is 5.40. The first-order valence-electron chi connectivity index (χ1n) is 6.77. The number of imidazole rings is 1. The van der Waals surface area contributed by atoms with E-state index in [-0.39, 0.29) is 5.82 Å². The largest absolute Gasteiger partial charge is 0.329 e. The Labute approximate surface area is 127 Å². The summed E-state index contributed by atoms with van der Waals surface area (Å²) in [5, 5.41) is 0. The van der Waals surface area contributed by atoms with Crippen LogP contribution in [-0.4, -0.2) is 14.5 Å². The van der Waals surface area contributed by atoms with E-state index in [1.54, 1.807) is 20.0 Å². The first kappa shape index (κ1) is 13.9. The number of aromatic nitrogens is 3. The van der Waals surface area contributed by atoms with Crippen LogP contribution in [0.5, 0.6) is 0 Å². The summed E-state index contributed by atoms with van der Waals surface area (Å²) in [4.78, 5) is 7.61. The molecule has 1 aromatic carbocycles. The van der Waals surface area contributed by atoms with Gasteiger partial charge in [0.15, 0.2) is 10.4 Å². The van der Waals surface area contributed by atoms with Gasteiger partial charge in [-0.1, -0.05) is 12.1 Å². The van der Waals surface area contributed by atoms with Crippen molar-refractivity contribution < 1.29 is 4.39 Å². The van der Waals surface area contributed by atoms with E-state index in [4.69, 9.17) is 12.2 Å². The van der Waals surface area contributed by atoms with Gasteiger partial charge in [0.1, 0.15) is 5.82 Å². The van der Waals surface area contributed by atoms with Gasteiger partial charge in [-0.3, -0.25) is 4.57 Å². The molecule has 0 fully saturated rings. The van der Waals surface area contributed by atoms with Crippen molar-refractivity contribution in [3.8, 4) is 0 Å². The highest BCUT2D eigenvalue weighted by Gasteiger charge is 2.10. The van der Waals surface area contributed by atoms with Gasteiger partial charge < -0.3 is 4.98 Å². The molecule has 0 saturated heterocycles. The number of aromatic amines is 1. The predicted molar refractivity (Wildman–Crippen MR) is 84.6 cm³/mol.